The van der Waals surface area contributed by atoms with Crippen molar-refractivity contribution in [2.45, 2.75) is 71.6 Å². The van der Waals surface area contributed by atoms with Gasteiger partial charge in [-0.15, -0.1) is 11.3 Å². The van der Waals surface area contributed by atoms with Crippen LogP contribution in [0.25, 0.3) is 92.5 Å². The second-order valence-corrected chi connectivity index (χ2v) is 22.6. The Hall–Kier alpha value is -6.89. The largest absolute Gasteiger partial charge is 0.456 e. The third-order valence-corrected chi connectivity index (χ3v) is 16.4. The lowest BCUT2D eigenvalue weighted by atomic mass is 9.44. The summed E-state index contributed by atoms with van der Waals surface area (Å²) >= 11 is 1.79. The van der Waals surface area contributed by atoms with Crippen LogP contribution in [0, 0.1) is 0 Å². The van der Waals surface area contributed by atoms with Crippen molar-refractivity contribution >= 4 is 94.4 Å². The van der Waals surface area contributed by atoms with Gasteiger partial charge in [0.05, 0.1) is 21.3 Å². The molecule has 8 aromatic carbocycles. The molecule has 6 heteroatoms. The Kier molecular flexibility index (Phi) is 7.39. The molecule has 0 amide bonds. The van der Waals surface area contributed by atoms with E-state index in [2.05, 4.69) is 210 Å². The fraction of sp³-hybridized carbons (Fsp3) is 0.183. The molecule has 0 spiro atoms. The molecule has 0 unspecified atom stereocenters. The topological polar surface area (TPSA) is 34.2 Å². The first-order valence-electron chi connectivity index (χ1n) is 23.4. The van der Waals surface area contributed by atoms with Gasteiger partial charge in [0, 0.05) is 55.1 Å². The van der Waals surface area contributed by atoms with Gasteiger partial charge in [-0.1, -0.05) is 146 Å². The molecule has 5 heterocycles. The molecule has 0 N–H and O–H groups in total. The summed E-state index contributed by atoms with van der Waals surface area (Å²) in [6, 6.07) is 55.3. The Morgan fingerprint density at radius 1 is 0.576 bits per heavy atom. The molecule has 0 atom stereocenters. The summed E-state index contributed by atoms with van der Waals surface area (Å²) < 4.78 is 10.7. The van der Waals surface area contributed by atoms with Crippen molar-refractivity contribution in [1.82, 2.24) is 9.55 Å². The molecule has 66 heavy (non-hydrogen) atoms. The molecular weight excluding hydrogens is 822 g/mol. The third-order valence-electron chi connectivity index (χ3n) is 15.3. The lowest BCUT2D eigenvalue weighted by molar-refractivity contribution is 0.587. The lowest BCUT2D eigenvalue weighted by Gasteiger charge is -2.42. The van der Waals surface area contributed by atoms with E-state index in [1.807, 2.05) is 0 Å². The van der Waals surface area contributed by atoms with E-state index in [-0.39, 0.29) is 23.1 Å². The predicted octanol–water partition coefficient (Wildman–Crippen LogP) is 15.1. The maximum Gasteiger partial charge on any atom is 0.333 e. The molecule has 14 rings (SSSR count). The van der Waals surface area contributed by atoms with E-state index in [0.29, 0.717) is 0 Å². The van der Waals surface area contributed by atoms with Crippen molar-refractivity contribution in [3.8, 4) is 38.5 Å². The summed E-state index contributed by atoms with van der Waals surface area (Å²) in [6.07, 6.45) is 0. The van der Waals surface area contributed by atoms with E-state index >= 15 is 0 Å². The first-order valence-corrected chi connectivity index (χ1v) is 24.2. The zero-order valence-electron chi connectivity index (χ0n) is 38.6. The highest BCUT2D eigenvalue weighted by Crippen LogP contribution is 2.53. The highest BCUT2D eigenvalue weighted by Gasteiger charge is 2.45. The van der Waals surface area contributed by atoms with Gasteiger partial charge in [-0.05, 0) is 115 Å². The highest BCUT2D eigenvalue weighted by atomic mass is 32.1. The van der Waals surface area contributed by atoms with Gasteiger partial charge in [-0.25, -0.2) is 4.98 Å². The summed E-state index contributed by atoms with van der Waals surface area (Å²) in [4.78, 5) is 8.04. The average Bonchev–Trinajstić information content (AvgIpc) is 4.04. The predicted molar refractivity (Wildman–Crippen MR) is 281 cm³/mol. The normalized spacial score (nSPS) is 14.7. The van der Waals surface area contributed by atoms with Gasteiger partial charge in [0.2, 0.25) is 0 Å². The summed E-state index contributed by atoms with van der Waals surface area (Å²) in [5.41, 5.74) is 23.1. The van der Waals surface area contributed by atoms with Gasteiger partial charge in [0.1, 0.15) is 16.2 Å². The van der Waals surface area contributed by atoms with E-state index in [0.717, 1.165) is 43.7 Å². The monoisotopic (exact) mass is 869 g/mol. The minimum atomic E-state index is -0.137. The number of aromatic nitrogens is 2. The summed E-state index contributed by atoms with van der Waals surface area (Å²) in [7, 11) is 0. The first-order chi connectivity index (χ1) is 31.7. The van der Waals surface area contributed by atoms with Crippen LogP contribution in [0.15, 0.2) is 150 Å². The van der Waals surface area contributed by atoms with Gasteiger partial charge < -0.3 is 13.8 Å². The molecule has 0 fully saturated rings. The number of hydrogen-bond acceptors (Lipinski definition) is 4. The molecule has 0 saturated heterocycles. The Balaban J connectivity index is 1.12. The summed E-state index contributed by atoms with van der Waals surface area (Å²) in [5, 5.41) is 5.89. The van der Waals surface area contributed by atoms with Crippen molar-refractivity contribution in [2.75, 3.05) is 4.81 Å². The van der Waals surface area contributed by atoms with Crippen LogP contribution in [0.5, 0.6) is 0 Å². The number of rotatable bonds is 2. The van der Waals surface area contributed by atoms with E-state index in [9.17, 15) is 0 Å². The van der Waals surface area contributed by atoms with Crippen LogP contribution in [0.2, 0.25) is 0 Å². The van der Waals surface area contributed by atoms with Gasteiger partial charge in [-0.2, -0.15) is 0 Å². The zero-order valence-corrected chi connectivity index (χ0v) is 39.4. The molecule has 4 nitrogen and oxygen atoms in total. The quantitative estimate of drug-likeness (QED) is 0.162. The third kappa shape index (κ3) is 5.08. The molecule has 0 bridgehead atoms. The number of thiazole rings is 1. The maximum absolute atomic E-state index is 6.87. The van der Waals surface area contributed by atoms with Gasteiger partial charge in [0.15, 0.2) is 0 Å². The van der Waals surface area contributed by atoms with Crippen LogP contribution in [-0.4, -0.2) is 16.4 Å². The average molecular weight is 870 g/mol. The van der Waals surface area contributed by atoms with Crippen LogP contribution in [0.3, 0.4) is 0 Å². The van der Waals surface area contributed by atoms with Crippen molar-refractivity contribution in [3.05, 3.63) is 168 Å². The minimum absolute atomic E-state index is 0.00489. The molecular formula is C60H48BN3OS. The van der Waals surface area contributed by atoms with Crippen LogP contribution < -0.4 is 15.7 Å². The van der Waals surface area contributed by atoms with Crippen LogP contribution in [0.1, 0.15) is 77.6 Å². The van der Waals surface area contributed by atoms with Gasteiger partial charge in [-0.3, -0.25) is 0 Å². The summed E-state index contributed by atoms with van der Waals surface area (Å²) in [5.74, 6) is 0. The number of anilines is 2. The van der Waals surface area contributed by atoms with Gasteiger partial charge >= 0.3 is 6.85 Å². The Bertz CT molecular complexity index is 3930. The number of hydrogen-bond donors (Lipinski definition) is 0. The number of nitrogens with zero attached hydrogens (tertiary/aromatic N) is 3. The lowest BCUT2D eigenvalue weighted by Crippen LogP contribution is -2.60. The highest BCUT2D eigenvalue weighted by molar-refractivity contribution is 7.21. The molecule has 1 aliphatic carbocycles. The fourth-order valence-electron chi connectivity index (χ4n) is 11.8. The smallest absolute Gasteiger partial charge is 0.333 e. The van der Waals surface area contributed by atoms with E-state index in [1.54, 1.807) is 11.3 Å². The number of furan rings is 1. The SMILES string of the molecule is CC(C)(C)c1ccc(N2B3c4cc5nc(-c6ccccc6)sc5cc4-n4c5cc6c(cc5c5ccc(c3c54)-c3cc4oc5cc(C(C)(C)C)ccc5c4cc32)-c2ccccc2C6(C)C)cc1. The van der Waals surface area contributed by atoms with Crippen molar-refractivity contribution in [1.29, 1.82) is 0 Å². The van der Waals surface area contributed by atoms with Crippen LogP contribution in [0.4, 0.5) is 11.4 Å². The van der Waals surface area contributed by atoms with E-state index in [4.69, 9.17) is 9.40 Å². The standard InChI is InChI=1S/C60H48BN3OS/c1-58(2,3)34-18-21-36(22-19-34)64-50-28-44-38-23-20-35(59(4,5)6)26-52(38)65-53(44)29-43(50)39-24-25-40-42-27-41-37-16-12-13-17-45(37)60(7,8)46(41)30-49(42)63-51-32-54-48(31-47(51)61(64)55(39)56(40)63)62-57(66-54)33-14-10-9-11-15-33/h9-32H,1-8H3. The molecule has 3 aromatic heterocycles. The Morgan fingerprint density at radius 2 is 1.30 bits per heavy atom. The fourth-order valence-corrected chi connectivity index (χ4v) is 12.8. The Morgan fingerprint density at radius 3 is 2.09 bits per heavy atom. The van der Waals surface area contributed by atoms with Crippen molar-refractivity contribution in [2.24, 2.45) is 0 Å². The van der Waals surface area contributed by atoms with E-state index in [1.165, 1.54) is 93.3 Å². The molecule has 318 valence electrons. The van der Waals surface area contributed by atoms with Crippen LogP contribution in [-0.2, 0) is 16.2 Å². The minimum Gasteiger partial charge on any atom is -0.456 e. The zero-order chi connectivity index (χ0) is 44.8. The molecule has 0 saturated carbocycles. The second-order valence-electron chi connectivity index (χ2n) is 21.6. The molecule has 2 aliphatic heterocycles. The molecule has 11 aromatic rings. The molecule has 3 aliphatic rings. The van der Waals surface area contributed by atoms with Crippen molar-refractivity contribution in [3.63, 3.8) is 0 Å². The van der Waals surface area contributed by atoms with Crippen molar-refractivity contribution < 1.29 is 4.42 Å². The summed E-state index contributed by atoms with van der Waals surface area (Å²) in [6.45, 7) is 18.3. The van der Waals surface area contributed by atoms with E-state index < -0.39 is 0 Å². The first kappa shape index (κ1) is 38.4. The van der Waals surface area contributed by atoms with Gasteiger partial charge in [0.25, 0.3) is 0 Å². The maximum atomic E-state index is 6.87. The number of fused-ring (bicyclic) bond motifs is 15. The Labute approximate surface area is 389 Å². The molecule has 0 radical (unpaired) electrons. The second kappa shape index (κ2) is 12.7. The van der Waals surface area contributed by atoms with Crippen LogP contribution >= 0.6 is 11.3 Å². The number of benzene rings is 8.